The second kappa shape index (κ2) is 7.96. The van der Waals surface area contributed by atoms with Gasteiger partial charge in [-0.3, -0.25) is 0 Å². The molecule has 0 saturated carbocycles. The van der Waals surface area contributed by atoms with Crippen molar-refractivity contribution in [3.8, 4) is 0 Å². The highest BCUT2D eigenvalue weighted by Crippen LogP contribution is 2.21. The minimum Gasteiger partial charge on any atom is -0.330 e. The van der Waals surface area contributed by atoms with Gasteiger partial charge >= 0.3 is 0 Å². The molecule has 0 saturated heterocycles. The lowest BCUT2D eigenvalue weighted by Crippen LogP contribution is -2.38. The molecule has 4 N–H and O–H groups in total. The van der Waals surface area contributed by atoms with E-state index in [1.165, 1.54) is 12.1 Å². The molecule has 0 spiro atoms. The molecule has 8 heteroatoms. The third-order valence-electron chi connectivity index (χ3n) is 3.30. The van der Waals surface area contributed by atoms with Gasteiger partial charge in [0.05, 0.1) is 11.4 Å². The van der Waals surface area contributed by atoms with Gasteiger partial charge in [0.15, 0.2) is 0 Å². The molecule has 1 rings (SSSR count). The molecule has 0 heterocycles. The van der Waals surface area contributed by atoms with Crippen LogP contribution in [0.15, 0.2) is 29.2 Å². The molecule has 0 amide bonds. The number of nitrogens with zero attached hydrogens (tertiary/aromatic N) is 1. The Kier molecular flexibility index (Phi) is 6.86. The van der Waals surface area contributed by atoms with Gasteiger partial charge in [0.1, 0.15) is 0 Å². The zero-order chi connectivity index (χ0) is 16.8. The maximum Gasteiger partial charge on any atom is 0.261 e. The van der Waals surface area contributed by atoms with Crippen molar-refractivity contribution in [2.75, 3.05) is 26.2 Å². The molecule has 0 bridgehead atoms. The van der Waals surface area contributed by atoms with Crippen LogP contribution in [0.5, 0.6) is 0 Å². The molecule has 126 valence electrons. The molecule has 0 fully saturated rings. The Morgan fingerprint density at radius 1 is 1.14 bits per heavy atom. The maximum absolute atomic E-state index is 13.3. The van der Waals surface area contributed by atoms with Crippen LogP contribution >= 0.6 is 0 Å². The van der Waals surface area contributed by atoms with Crippen LogP contribution in [0.3, 0.4) is 0 Å². The van der Waals surface area contributed by atoms with Crippen molar-refractivity contribution in [3.05, 3.63) is 29.8 Å². The summed E-state index contributed by atoms with van der Waals surface area (Å²) in [4.78, 5) is 0.0891. The van der Waals surface area contributed by atoms with Gasteiger partial charge in [0.2, 0.25) is 10.0 Å². The number of halogens is 2. The summed E-state index contributed by atoms with van der Waals surface area (Å²) in [6.45, 7) is 1.13. The van der Waals surface area contributed by atoms with Crippen LogP contribution in [0.25, 0.3) is 0 Å². The third kappa shape index (κ3) is 5.28. The second-order valence-electron chi connectivity index (χ2n) is 5.17. The number of sulfonamides is 1. The molecule has 0 unspecified atom stereocenters. The van der Waals surface area contributed by atoms with Crippen LogP contribution in [0.1, 0.15) is 18.4 Å². The van der Waals surface area contributed by atoms with Gasteiger partial charge < -0.3 is 11.5 Å². The van der Waals surface area contributed by atoms with Gasteiger partial charge in [-0.15, -0.1) is 0 Å². The lowest BCUT2D eigenvalue weighted by molar-refractivity contribution is -0.00164. The minimum absolute atomic E-state index is 0.0891. The molecule has 0 aromatic heterocycles. The first kappa shape index (κ1) is 19.0. The van der Waals surface area contributed by atoms with Crippen LogP contribution in [-0.2, 0) is 10.0 Å². The van der Waals surface area contributed by atoms with Gasteiger partial charge in [-0.25, -0.2) is 17.2 Å². The van der Waals surface area contributed by atoms with E-state index in [1.807, 2.05) is 6.92 Å². The Labute approximate surface area is 130 Å². The number of nitrogens with two attached hydrogens (primary N) is 2. The average molecular weight is 335 g/mol. The summed E-state index contributed by atoms with van der Waals surface area (Å²) in [7, 11) is -3.82. The summed E-state index contributed by atoms with van der Waals surface area (Å²) in [6.07, 6.45) is -0.210. The largest absolute Gasteiger partial charge is 0.330 e. The molecule has 0 aliphatic carbocycles. The van der Waals surface area contributed by atoms with E-state index in [-0.39, 0.29) is 24.5 Å². The van der Waals surface area contributed by atoms with Crippen molar-refractivity contribution in [2.45, 2.75) is 30.6 Å². The van der Waals surface area contributed by atoms with E-state index >= 15 is 0 Å². The van der Waals surface area contributed by atoms with E-state index in [2.05, 4.69) is 0 Å². The fourth-order valence-corrected chi connectivity index (χ4v) is 3.35. The lowest BCUT2D eigenvalue weighted by atomic mass is 10.2. The van der Waals surface area contributed by atoms with Crippen molar-refractivity contribution in [1.29, 1.82) is 0 Å². The van der Waals surface area contributed by atoms with Gasteiger partial charge in [0, 0.05) is 19.5 Å². The topological polar surface area (TPSA) is 89.4 Å². The molecule has 0 atom stereocenters. The highest BCUT2D eigenvalue weighted by atomic mass is 32.2. The first-order valence-corrected chi connectivity index (χ1v) is 8.52. The van der Waals surface area contributed by atoms with E-state index < -0.39 is 28.9 Å². The van der Waals surface area contributed by atoms with Crippen molar-refractivity contribution < 1.29 is 17.2 Å². The van der Waals surface area contributed by atoms with Crippen molar-refractivity contribution in [3.63, 3.8) is 0 Å². The predicted molar refractivity (Wildman–Crippen MR) is 82.2 cm³/mol. The van der Waals surface area contributed by atoms with Crippen molar-refractivity contribution >= 4 is 10.0 Å². The standard InChI is InChI=1S/C14H23F2N3O2S/c1-12-3-5-13(6-4-12)22(20,21)19(9-2-8-17)10-7-14(15,16)11-18/h3-6H,2,7-11,17-18H2,1H3. The molecule has 0 aliphatic rings. The molecular weight excluding hydrogens is 312 g/mol. The van der Waals surface area contributed by atoms with Gasteiger partial charge in [-0.1, -0.05) is 17.7 Å². The molecule has 22 heavy (non-hydrogen) atoms. The third-order valence-corrected chi connectivity index (χ3v) is 5.21. The normalized spacial score (nSPS) is 12.8. The van der Waals surface area contributed by atoms with Crippen LogP contribution < -0.4 is 11.5 Å². The molecule has 0 aliphatic heterocycles. The smallest absolute Gasteiger partial charge is 0.261 e. The van der Waals surface area contributed by atoms with Crippen LogP contribution in [-0.4, -0.2) is 44.8 Å². The van der Waals surface area contributed by atoms with E-state index in [1.54, 1.807) is 12.1 Å². The first-order chi connectivity index (χ1) is 10.2. The number of alkyl halides is 2. The molecule has 1 aromatic rings. The summed E-state index contributed by atoms with van der Waals surface area (Å²) in [5.41, 5.74) is 11.3. The molecule has 1 aromatic carbocycles. The molecule has 5 nitrogen and oxygen atoms in total. The fraction of sp³-hybridized carbons (Fsp3) is 0.571. The predicted octanol–water partition coefficient (Wildman–Crippen LogP) is 1.32. The highest BCUT2D eigenvalue weighted by Gasteiger charge is 2.31. The van der Waals surface area contributed by atoms with Gasteiger partial charge in [-0.2, -0.15) is 4.31 Å². The Morgan fingerprint density at radius 3 is 2.23 bits per heavy atom. The minimum atomic E-state index is -3.82. The lowest BCUT2D eigenvalue weighted by Gasteiger charge is -2.24. The Hall–Kier alpha value is -1.09. The van der Waals surface area contributed by atoms with E-state index in [9.17, 15) is 17.2 Å². The Bertz CT molecular complexity index is 562. The number of aryl methyl sites for hydroxylation is 1. The first-order valence-electron chi connectivity index (χ1n) is 7.08. The summed E-state index contributed by atoms with van der Waals surface area (Å²) < 4.78 is 52.8. The summed E-state index contributed by atoms with van der Waals surface area (Å²) in [5, 5.41) is 0. The molecule has 0 radical (unpaired) electrons. The maximum atomic E-state index is 13.3. The zero-order valence-corrected chi connectivity index (χ0v) is 13.5. The number of benzene rings is 1. The highest BCUT2D eigenvalue weighted by molar-refractivity contribution is 7.89. The Balaban J connectivity index is 2.96. The van der Waals surface area contributed by atoms with Crippen molar-refractivity contribution in [1.82, 2.24) is 4.31 Å². The van der Waals surface area contributed by atoms with Crippen LogP contribution in [0, 0.1) is 6.92 Å². The summed E-state index contributed by atoms with van der Waals surface area (Å²) >= 11 is 0. The van der Waals surface area contributed by atoms with Gasteiger partial charge in [0.25, 0.3) is 5.92 Å². The number of hydrogen-bond donors (Lipinski definition) is 2. The van der Waals surface area contributed by atoms with E-state index in [0.29, 0.717) is 6.42 Å². The second-order valence-corrected chi connectivity index (χ2v) is 7.11. The number of hydrogen-bond acceptors (Lipinski definition) is 4. The fourth-order valence-electron chi connectivity index (χ4n) is 1.87. The Morgan fingerprint density at radius 2 is 1.73 bits per heavy atom. The zero-order valence-electron chi connectivity index (χ0n) is 12.6. The quantitative estimate of drug-likeness (QED) is 0.712. The van der Waals surface area contributed by atoms with E-state index in [4.69, 9.17) is 11.5 Å². The van der Waals surface area contributed by atoms with Crippen LogP contribution in [0.2, 0.25) is 0 Å². The SMILES string of the molecule is Cc1ccc(S(=O)(=O)N(CCCN)CCC(F)(F)CN)cc1. The number of rotatable bonds is 9. The summed E-state index contributed by atoms with van der Waals surface area (Å²) in [6, 6.07) is 6.29. The van der Waals surface area contributed by atoms with Gasteiger partial charge in [-0.05, 0) is 32.0 Å². The average Bonchev–Trinajstić information content (AvgIpc) is 2.47. The van der Waals surface area contributed by atoms with Crippen molar-refractivity contribution in [2.24, 2.45) is 11.5 Å². The monoisotopic (exact) mass is 335 g/mol. The van der Waals surface area contributed by atoms with E-state index in [0.717, 1.165) is 9.87 Å². The van der Waals surface area contributed by atoms with Crippen LogP contribution in [0.4, 0.5) is 8.78 Å². The molecular formula is C14H23F2N3O2S. The summed E-state index contributed by atoms with van der Waals surface area (Å²) in [5.74, 6) is -3.08.